The third kappa shape index (κ3) is 3.87. The molecule has 0 heterocycles. The van der Waals surface area contributed by atoms with Gasteiger partial charge in [-0.25, -0.2) is 3.63 Å². The van der Waals surface area contributed by atoms with E-state index in [0.717, 1.165) is 0 Å². The number of rotatable bonds is 8. The van der Waals surface area contributed by atoms with Gasteiger partial charge in [-0.15, -0.1) is 0 Å². The van der Waals surface area contributed by atoms with E-state index in [4.69, 9.17) is 3.63 Å². The Kier molecular flexibility index (Phi) is 6.46. The highest BCUT2D eigenvalue weighted by Crippen LogP contribution is 2.71. The average Bonchev–Trinajstić information content (AvgIpc) is 3.50. The number of hydrogen-bond donors (Lipinski definition) is 0. The van der Waals surface area contributed by atoms with E-state index in [2.05, 4.69) is 0 Å². The van der Waals surface area contributed by atoms with Gasteiger partial charge in [-0.05, 0) is 84.2 Å². The van der Waals surface area contributed by atoms with Gasteiger partial charge in [-0.1, -0.05) is 54.6 Å². The van der Waals surface area contributed by atoms with Crippen LogP contribution in [-0.4, -0.2) is 19.6 Å². The van der Waals surface area contributed by atoms with Crippen molar-refractivity contribution in [1.82, 2.24) is 0 Å². The minimum Gasteiger partial charge on any atom is -0.202 e. The molecule has 0 N–H and O–H groups in total. The van der Waals surface area contributed by atoms with Crippen LogP contribution in [-0.2, 0) is 13.7 Å². The van der Waals surface area contributed by atoms with Crippen molar-refractivity contribution in [3.05, 3.63) is 91.0 Å². The molecule has 3 nitrogen and oxygen atoms in total. The molecule has 2 fully saturated rings. The average molecular weight is 539 g/mol. The van der Waals surface area contributed by atoms with Crippen LogP contribution >= 0.6 is 10.3 Å². The van der Waals surface area contributed by atoms with E-state index >= 15 is 17.6 Å². The van der Waals surface area contributed by atoms with Crippen molar-refractivity contribution < 1.29 is 29.6 Å². The van der Waals surface area contributed by atoms with Crippen LogP contribution in [0.4, 0.5) is 17.6 Å². The fraction of sp³-hybridized carbons (Fsp3) is 0.333. The highest BCUT2D eigenvalue weighted by molar-refractivity contribution is 8.33. The number of benzene rings is 3. The molecule has 2 saturated carbocycles. The predicted molar refractivity (Wildman–Crippen MR) is 131 cm³/mol. The molecular formula is C27H26F4O3S2. The number of halogens is 4. The summed E-state index contributed by atoms with van der Waals surface area (Å²) in [4.78, 5) is 0.892. The van der Waals surface area contributed by atoms with E-state index in [1.54, 1.807) is 91.0 Å². The van der Waals surface area contributed by atoms with Gasteiger partial charge in [0, 0.05) is 20.6 Å². The maximum Gasteiger partial charge on any atom is 0.432 e. The Morgan fingerprint density at radius 3 is 1.28 bits per heavy atom. The summed E-state index contributed by atoms with van der Waals surface area (Å²) in [6.07, 6.45) is 1.65. The van der Waals surface area contributed by atoms with Gasteiger partial charge in [0.2, 0.25) is 0 Å². The first-order valence-corrected chi connectivity index (χ1v) is 14.8. The molecule has 0 aromatic heterocycles. The monoisotopic (exact) mass is 538 g/mol. The summed E-state index contributed by atoms with van der Waals surface area (Å²) in [5.41, 5.74) is 0. The molecule has 0 aliphatic heterocycles. The van der Waals surface area contributed by atoms with Crippen LogP contribution in [0.15, 0.2) is 106 Å². The van der Waals surface area contributed by atoms with Gasteiger partial charge in [-0.3, -0.25) is 0 Å². The molecule has 3 aromatic carbocycles. The quantitative estimate of drug-likeness (QED) is 0.274. The zero-order valence-corrected chi connectivity index (χ0v) is 20.9. The summed E-state index contributed by atoms with van der Waals surface area (Å²) >= 11 is 0. The molecule has 0 amide bonds. The molecule has 2 aliphatic rings. The highest BCUT2D eigenvalue weighted by atomic mass is 32.3. The molecule has 36 heavy (non-hydrogen) atoms. The zero-order valence-electron chi connectivity index (χ0n) is 19.3. The minimum atomic E-state index is -6.12. The molecule has 5 rings (SSSR count). The van der Waals surface area contributed by atoms with Crippen molar-refractivity contribution >= 4 is 20.4 Å². The van der Waals surface area contributed by atoms with Crippen LogP contribution in [0.3, 0.4) is 0 Å². The topological polar surface area (TPSA) is 43.4 Å². The van der Waals surface area contributed by atoms with Gasteiger partial charge in [0.15, 0.2) is 0 Å². The maximum absolute atomic E-state index is 15.6. The van der Waals surface area contributed by atoms with Gasteiger partial charge in [-0.2, -0.15) is 26.0 Å². The summed E-state index contributed by atoms with van der Waals surface area (Å²) in [6.45, 7) is 0. The molecule has 192 valence electrons. The lowest BCUT2D eigenvalue weighted by atomic mass is 9.90. The van der Waals surface area contributed by atoms with E-state index in [1.165, 1.54) is 0 Å². The first-order valence-electron chi connectivity index (χ1n) is 11.8. The lowest BCUT2D eigenvalue weighted by Crippen LogP contribution is -2.53. The number of hydrogen-bond acceptors (Lipinski definition) is 3. The van der Waals surface area contributed by atoms with Crippen molar-refractivity contribution in [2.24, 2.45) is 17.8 Å². The molecule has 0 atom stereocenters. The molecule has 2 aliphatic carbocycles. The van der Waals surface area contributed by atoms with Crippen molar-refractivity contribution in [2.45, 2.75) is 51.5 Å². The van der Waals surface area contributed by atoms with Gasteiger partial charge in [0.25, 0.3) is 0 Å². The maximum atomic E-state index is 15.6. The second kappa shape index (κ2) is 9.19. The molecule has 0 radical (unpaired) electrons. The Bertz CT molecular complexity index is 1190. The fourth-order valence-corrected chi connectivity index (χ4v) is 11.0. The standard InChI is InChI=1S/C27H26F4O3S2/c28-26(29,25-20-16-17-21(25)19-18-20)27(30,31)36(32,33)34-35(22-10-4-1-5-11-22,23-12-6-2-7-13-23)24-14-8-3-9-15-24/h1-15,20-21,25H,16-19H2. The van der Waals surface area contributed by atoms with Crippen LogP contribution in [0.2, 0.25) is 0 Å². The van der Waals surface area contributed by atoms with Crippen LogP contribution in [0.5, 0.6) is 0 Å². The summed E-state index contributed by atoms with van der Waals surface area (Å²) in [6, 6.07) is 24.2. The van der Waals surface area contributed by atoms with Crippen LogP contribution in [0.1, 0.15) is 25.7 Å². The second-order valence-corrected chi connectivity index (χ2v) is 13.8. The Hall–Kier alpha value is -2.36. The first kappa shape index (κ1) is 25.3. The number of alkyl halides is 4. The van der Waals surface area contributed by atoms with Gasteiger partial charge >= 0.3 is 21.3 Å². The molecular weight excluding hydrogens is 512 g/mol. The first-order chi connectivity index (χ1) is 17.1. The fourth-order valence-electron chi connectivity index (χ4n) is 5.74. The molecule has 3 aromatic rings. The van der Waals surface area contributed by atoms with Crippen LogP contribution in [0, 0.1) is 17.8 Å². The Morgan fingerprint density at radius 1 is 0.611 bits per heavy atom. The van der Waals surface area contributed by atoms with E-state index in [9.17, 15) is 8.42 Å². The van der Waals surface area contributed by atoms with Crippen LogP contribution < -0.4 is 0 Å². The molecule has 0 saturated heterocycles. The van der Waals surface area contributed by atoms with Gasteiger partial charge < -0.3 is 0 Å². The zero-order chi connectivity index (χ0) is 25.6. The highest BCUT2D eigenvalue weighted by Gasteiger charge is 2.74. The van der Waals surface area contributed by atoms with Gasteiger partial charge in [0.1, 0.15) is 0 Å². The Labute approximate surface area is 210 Å². The lowest BCUT2D eigenvalue weighted by Gasteiger charge is -2.41. The molecule has 0 spiro atoms. The summed E-state index contributed by atoms with van der Waals surface area (Å²) in [7, 11) is -9.49. The van der Waals surface area contributed by atoms with Crippen molar-refractivity contribution in [3.63, 3.8) is 0 Å². The summed E-state index contributed by atoms with van der Waals surface area (Å²) in [5, 5.41) is -5.41. The third-order valence-corrected chi connectivity index (χ3v) is 12.6. The van der Waals surface area contributed by atoms with Crippen molar-refractivity contribution in [3.8, 4) is 0 Å². The summed E-state index contributed by atoms with van der Waals surface area (Å²) < 4.78 is 94.6. The van der Waals surface area contributed by atoms with Crippen molar-refractivity contribution in [1.29, 1.82) is 0 Å². The van der Waals surface area contributed by atoms with E-state index in [0.29, 0.717) is 40.4 Å². The second-order valence-electron chi connectivity index (χ2n) is 9.36. The van der Waals surface area contributed by atoms with Gasteiger partial charge in [0.05, 0.1) is 0 Å². The number of fused-ring (bicyclic) bond motifs is 2. The van der Waals surface area contributed by atoms with Crippen LogP contribution in [0.25, 0.3) is 0 Å². The van der Waals surface area contributed by atoms with E-state index in [1.807, 2.05) is 0 Å². The third-order valence-electron chi connectivity index (χ3n) is 7.37. The SMILES string of the molecule is O=S(=O)(OS(c1ccccc1)(c1ccccc1)c1ccccc1)C(F)(F)C(F)(F)C1C2CCC1CC2. The molecule has 2 bridgehead atoms. The largest absolute Gasteiger partial charge is 0.432 e. The minimum absolute atomic E-state index is 0.297. The van der Waals surface area contributed by atoms with E-state index < -0.39 is 49.4 Å². The normalized spacial score (nSPS) is 23.1. The smallest absolute Gasteiger partial charge is 0.202 e. The van der Waals surface area contributed by atoms with E-state index in [-0.39, 0.29) is 0 Å². The molecule has 9 heteroatoms. The Morgan fingerprint density at radius 2 is 0.944 bits per heavy atom. The molecule has 0 unspecified atom stereocenters. The predicted octanol–water partition coefficient (Wildman–Crippen LogP) is 7.89. The Balaban J connectivity index is 1.68. The van der Waals surface area contributed by atoms with Crippen molar-refractivity contribution in [2.75, 3.05) is 0 Å². The summed E-state index contributed by atoms with van der Waals surface area (Å²) in [5.74, 6) is -7.66. The lowest BCUT2D eigenvalue weighted by molar-refractivity contribution is -0.201.